The van der Waals surface area contributed by atoms with Gasteiger partial charge < -0.3 is 35.1 Å². The van der Waals surface area contributed by atoms with E-state index in [-0.39, 0.29) is 11.3 Å². The maximum atomic E-state index is 10.8. The van der Waals surface area contributed by atoms with Gasteiger partial charge in [-0.25, -0.2) is 9.59 Å². The van der Waals surface area contributed by atoms with Gasteiger partial charge in [0.05, 0.1) is 12.8 Å². The highest BCUT2D eigenvalue weighted by Gasteiger charge is 2.40. The third-order valence-electron chi connectivity index (χ3n) is 3.03. The molecule has 0 radical (unpaired) electrons. The zero-order valence-electron chi connectivity index (χ0n) is 12.9. The summed E-state index contributed by atoms with van der Waals surface area (Å²) in [4.78, 5) is 41.3. The van der Waals surface area contributed by atoms with Crippen LogP contribution >= 0.6 is 0 Å². The topological polar surface area (TPSA) is 203 Å². The van der Waals surface area contributed by atoms with Gasteiger partial charge in [0.15, 0.2) is 16.9 Å². The average Bonchev–Trinajstić information content (AvgIpc) is 2.50. The Bertz CT molecular complexity index is 880. The summed E-state index contributed by atoms with van der Waals surface area (Å²) < 4.78 is 4.71. The molecule has 2 aromatic rings. The Morgan fingerprint density at radius 2 is 1.42 bits per heavy atom. The smallest absolute Gasteiger partial charge is 0.336 e. The SMILES string of the molecule is O=C(O)CC(O)(CC(=O)O)C(=O)O.O=c1ccc2ccc(O)c(O)c2o1. The Morgan fingerprint density at radius 3 is 1.88 bits per heavy atom. The number of fused-ring (bicyclic) bond motifs is 1. The van der Waals surface area contributed by atoms with Crippen molar-refractivity contribution >= 4 is 28.9 Å². The highest BCUT2D eigenvalue weighted by molar-refractivity contribution is 5.88. The van der Waals surface area contributed by atoms with Gasteiger partial charge in [0.25, 0.3) is 0 Å². The molecule has 0 unspecified atom stereocenters. The Hall–Kier alpha value is -3.60. The molecule has 1 aromatic heterocycles. The normalized spacial score (nSPS) is 10.7. The number of carbonyl (C=O) groups is 3. The second kappa shape index (κ2) is 7.98. The highest BCUT2D eigenvalue weighted by atomic mass is 16.4. The third-order valence-corrected chi connectivity index (χ3v) is 3.03. The van der Waals surface area contributed by atoms with Crippen LogP contribution in [0.25, 0.3) is 11.0 Å². The quantitative estimate of drug-likeness (QED) is 0.304. The first-order valence-corrected chi connectivity index (χ1v) is 6.80. The molecule has 0 saturated heterocycles. The molecule has 2 rings (SSSR count). The summed E-state index contributed by atoms with van der Waals surface area (Å²) >= 11 is 0. The lowest BCUT2D eigenvalue weighted by Crippen LogP contribution is -2.42. The Labute approximate surface area is 144 Å². The Morgan fingerprint density at radius 1 is 0.923 bits per heavy atom. The number of carboxylic acid groups (broad SMARTS) is 3. The summed E-state index contributed by atoms with van der Waals surface area (Å²) in [7, 11) is 0. The highest BCUT2D eigenvalue weighted by Crippen LogP contribution is 2.32. The van der Waals surface area contributed by atoms with Crippen molar-refractivity contribution in [1.29, 1.82) is 0 Å². The van der Waals surface area contributed by atoms with Crippen LogP contribution in [0.1, 0.15) is 12.8 Å². The number of carboxylic acids is 3. The number of phenolic OH excluding ortho intramolecular Hbond substituents is 2. The van der Waals surface area contributed by atoms with E-state index in [1.807, 2.05) is 0 Å². The molecule has 0 bridgehead atoms. The molecule has 0 amide bonds. The molecule has 0 fully saturated rings. The van der Waals surface area contributed by atoms with Crippen LogP contribution < -0.4 is 5.63 Å². The van der Waals surface area contributed by atoms with Gasteiger partial charge in [-0.1, -0.05) is 0 Å². The number of aliphatic carboxylic acids is 3. The van der Waals surface area contributed by atoms with Crippen LogP contribution in [0, 0.1) is 0 Å². The molecule has 26 heavy (non-hydrogen) atoms. The number of aromatic hydroxyl groups is 2. The summed E-state index contributed by atoms with van der Waals surface area (Å²) in [6.07, 6.45) is -2.29. The summed E-state index contributed by atoms with van der Waals surface area (Å²) in [6.45, 7) is 0. The lowest BCUT2D eigenvalue weighted by Gasteiger charge is -2.18. The van der Waals surface area contributed by atoms with Crippen molar-refractivity contribution < 1.29 is 49.4 Å². The number of hydrogen-bond acceptors (Lipinski definition) is 8. The van der Waals surface area contributed by atoms with E-state index in [9.17, 15) is 24.3 Å². The number of benzene rings is 1. The van der Waals surface area contributed by atoms with Crippen LogP contribution in [0.4, 0.5) is 0 Å². The largest absolute Gasteiger partial charge is 0.504 e. The molecule has 11 nitrogen and oxygen atoms in total. The minimum Gasteiger partial charge on any atom is -0.504 e. The molecule has 0 spiro atoms. The zero-order chi connectivity index (χ0) is 20.1. The summed E-state index contributed by atoms with van der Waals surface area (Å²) in [5, 5.41) is 52.8. The molecule has 0 saturated carbocycles. The minimum absolute atomic E-state index is 0.00694. The van der Waals surface area contributed by atoms with E-state index in [0.717, 1.165) is 0 Å². The minimum atomic E-state index is -2.74. The zero-order valence-corrected chi connectivity index (χ0v) is 12.9. The van der Waals surface area contributed by atoms with E-state index in [1.54, 1.807) is 6.07 Å². The summed E-state index contributed by atoms with van der Waals surface area (Å²) in [6, 6.07) is 5.64. The monoisotopic (exact) mass is 370 g/mol. The van der Waals surface area contributed by atoms with Crippen molar-refractivity contribution in [2.24, 2.45) is 0 Å². The Kier molecular flexibility index (Phi) is 6.28. The fraction of sp³-hybridized carbons (Fsp3) is 0.200. The lowest BCUT2D eigenvalue weighted by molar-refractivity contribution is -0.170. The molecular formula is C15H14O11. The van der Waals surface area contributed by atoms with Crippen molar-refractivity contribution in [2.45, 2.75) is 18.4 Å². The molecule has 0 atom stereocenters. The second-order valence-electron chi connectivity index (χ2n) is 5.08. The molecule has 0 aliphatic carbocycles. The van der Waals surface area contributed by atoms with E-state index in [2.05, 4.69) is 0 Å². The van der Waals surface area contributed by atoms with Crippen molar-refractivity contribution in [3.8, 4) is 11.5 Å². The average molecular weight is 370 g/mol. The standard InChI is InChI=1S/C9H6O4.C6H8O7/c10-6-3-1-5-2-4-7(11)13-9(5)8(6)12;7-3(8)1-6(13,5(11)12)2-4(9)10/h1-4,10,12H;13H,1-2H2,(H,7,8)(H,9,10)(H,11,12). The van der Waals surface area contributed by atoms with Crippen LogP contribution in [0.15, 0.2) is 33.5 Å². The summed E-state index contributed by atoms with van der Waals surface area (Å²) in [5.41, 5.74) is -3.29. The maximum absolute atomic E-state index is 10.8. The predicted octanol–water partition coefficient (Wildman–Crippen LogP) is -0.0443. The van der Waals surface area contributed by atoms with Crippen molar-refractivity contribution in [1.82, 2.24) is 0 Å². The molecule has 0 aliphatic heterocycles. The Balaban J connectivity index is 0.000000260. The summed E-state index contributed by atoms with van der Waals surface area (Å²) in [5.74, 6) is -5.73. The van der Waals surface area contributed by atoms with Gasteiger partial charge in [-0.15, -0.1) is 0 Å². The third kappa shape index (κ3) is 5.21. The van der Waals surface area contributed by atoms with Crippen LogP contribution in [0.2, 0.25) is 0 Å². The van der Waals surface area contributed by atoms with Crippen LogP contribution in [0.5, 0.6) is 11.5 Å². The first-order chi connectivity index (χ1) is 12.0. The van der Waals surface area contributed by atoms with Gasteiger partial charge >= 0.3 is 23.5 Å². The van der Waals surface area contributed by atoms with Crippen molar-refractivity contribution in [3.63, 3.8) is 0 Å². The van der Waals surface area contributed by atoms with Gasteiger partial charge in [0.2, 0.25) is 5.75 Å². The molecule has 11 heteroatoms. The molecule has 0 aliphatic rings. The van der Waals surface area contributed by atoms with E-state index in [0.29, 0.717) is 5.39 Å². The number of hydrogen-bond donors (Lipinski definition) is 6. The fourth-order valence-corrected chi connectivity index (χ4v) is 1.82. The molecule has 1 aromatic carbocycles. The van der Waals surface area contributed by atoms with Gasteiger partial charge in [-0.3, -0.25) is 9.59 Å². The van der Waals surface area contributed by atoms with E-state index < -0.39 is 47.7 Å². The van der Waals surface area contributed by atoms with Crippen molar-refractivity contribution in [2.75, 3.05) is 0 Å². The maximum Gasteiger partial charge on any atom is 0.336 e. The first-order valence-electron chi connectivity index (χ1n) is 6.80. The van der Waals surface area contributed by atoms with E-state index >= 15 is 0 Å². The van der Waals surface area contributed by atoms with Crippen molar-refractivity contribution in [3.05, 3.63) is 34.7 Å². The molecule has 1 heterocycles. The number of rotatable bonds is 5. The van der Waals surface area contributed by atoms with Crippen LogP contribution in [-0.2, 0) is 14.4 Å². The molecular weight excluding hydrogens is 356 g/mol. The fourth-order valence-electron chi connectivity index (χ4n) is 1.82. The predicted molar refractivity (Wildman–Crippen MR) is 82.9 cm³/mol. The van der Waals surface area contributed by atoms with E-state index in [4.69, 9.17) is 29.9 Å². The number of phenols is 2. The molecule has 6 N–H and O–H groups in total. The molecule has 140 valence electrons. The van der Waals surface area contributed by atoms with Gasteiger partial charge in [-0.2, -0.15) is 0 Å². The van der Waals surface area contributed by atoms with Crippen LogP contribution in [-0.4, -0.2) is 54.1 Å². The van der Waals surface area contributed by atoms with Gasteiger partial charge in [0, 0.05) is 11.5 Å². The number of aliphatic hydroxyl groups is 1. The first kappa shape index (κ1) is 20.4. The van der Waals surface area contributed by atoms with Gasteiger partial charge in [0.1, 0.15) is 0 Å². The lowest BCUT2D eigenvalue weighted by atomic mass is 9.96. The second-order valence-corrected chi connectivity index (χ2v) is 5.08. The van der Waals surface area contributed by atoms with Gasteiger partial charge in [-0.05, 0) is 18.2 Å². The van der Waals surface area contributed by atoms with E-state index in [1.165, 1.54) is 18.2 Å². The van der Waals surface area contributed by atoms with Crippen LogP contribution in [0.3, 0.4) is 0 Å².